The van der Waals surface area contributed by atoms with Crippen LogP contribution in [0.5, 0.6) is 11.5 Å². The third kappa shape index (κ3) is 3.59. The van der Waals surface area contributed by atoms with Crippen molar-refractivity contribution in [1.29, 1.82) is 0 Å². The second-order valence-electron chi connectivity index (χ2n) is 4.50. The van der Waals surface area contributed by atoms with E-state index in [1.54, 1.807) is 30.3 Å². The number of sulfone groups is 1. The molecule has 4 nitrogen and oxygen atoms in total. The molecule has 2 aromatic rings. The smallest absolute Gasteiger partial charge is 0.179 e. The summed E-state index contributed by atoms with van der Waals surface area (Å²) in [4.78, 5) is 0.194. The Kier molecular flexibility index (Phi) is 4.42. The number of ether oxygens (including phenoxy) is 1. The van der Waals surface area contributed by atoms with Crippen LogP contribution >= 0.6 is 0 Å². The molecule has 2 aromatic carbocycles. The van der Waals surface area contributed by atoms with E-state index in [0.29, 0.717) is 11.5 Å². The molecular weight excluding hydrogens is 274 g/mol. The van der Waals surface area contributed by atoms with E-state index in [-0.39, 0.29) is 4.90 Å². The van der Waals surface area contributed by atoms with Crippen molar-refractivity contribution in [2.24, 2.45) is 0 Å². The fourth-order valence-corrected chi connectivity index (χ4v) is 2.69. The maximum atomic E-state index is 11.7. The molecule has 0 amide bonds. The number of benzene rings is 2. The summed E-state index contributed by atoms with van der Waals surface area (Å²) in [7, 11) is -1.44. The fourth-order valence-electron chi connectivity index (χ4n) is 1.89. The second kappa shape index (κ2) is 6.07. The Hall–Kier alpha value is -1.85. The number of hydrogen-bond donors (Lipinski definition) is 1. The molecule has 0 aliphatic heterocycles. The molecule has 106 valence electrons. The molecule has 2 rings (SSSR count). The zero-order chi connectivity index (χ0) is 14.6. The van der Waals surface area contributed by atoms with Crippen LogP contribution in [0.15, 0.2) is 53.4 Å². The van der Waals surface area contributed by atoms with Gasteiger partial charge in [0.15, 0.2) is 9.84 Å². The van der Waals surface area contributed by atoms with Gasteiger partial charge < -0.3 is 10.1 Å². The maximum absolute atomic E-state index is 11.7. The maximum Gasteiger partial charge on any atom is 0.179 e. The van der Waals surface area contributed by atoms with Crippen LogP contribution in [0, 0.1) is 0 Å². The SMILES string of the molecule is CNCc1cccc(Oc2ccccc2S(C)(=O)=O)c1. The van der Waals surface area contributed by atoms with Gasteiger partial charge in [0, 0.05) is 12.8 Å². The summed E-state index contributed by atoms with van der Waals surface area (Å²) in [5.74, 6) is 0.963. The first-order valence-corrected chi connectivity index (χ1v) is 8.10. The summed E-state index contributed by atoms with van der Waals surface area (Å²) < 4.78 is 29.2. The van der Waals surface area contributed by atoms with E-state index in [2.05, 4.69) is 5.32 Å². The normalized spacial score (nSPS) is 11.3. The Balaban J connectivity index is 2.33. The van der Waals surface area contributed by atoms with E-state index in [0.717, 1.165) is 12.1 Å². The van der Waals surface area contributed by atoms with E-state index < -0.39 is 9.84 Å². The van der Waals surface area contributed by atoms with Gasteiger partial charge >= 0.3 is 0 Å². The summed E-state index contributed by atoms with van der Waals surface area (Å²) in [6, 6.07) is 14.2. The molecule has 0 aliphatic carbocycles. The molecule has 5 heteroatoms. The highest BCUT2D eigenvalue weighted by atomic mass is 32.2. The van der Waals surface area contributed by atoms with Crippen LogP contribution in [-0.4, -0.2) is 21.7 Å². The predicted molar refractivity (Wildman–Crippen MR) is 78.8 cm³/mol. The number of hydrogen-bond acceptors (Lipinski definition) is 4. The summed E-state index contributed by atoms with van der Waals surface area (Å²) >= 11 is 0. The quantitative estimate of drug-likeness (QED) is 0.920. The van der Waals surface area contributed by atoms with Crippen LogP contribution in [-0.2, 0) is 16.4 Å². The highest BCUT2D eigenvalue weighted by Gasteiger charge is 2.14. The molecule has 20 heavy (non-hydrogen) atoms. The van der Waals surface area contributed by atoms with E-state index >= 15 is 0 Å². The Labute approximate surface area is 119 Å². The Bertz CT molecular complexity index is 696. The lowest BCUT2D eigenvalue weighted by molar-refractivity contribution is 0.467. The number of nitrogens with one attached hydrogen (secondary N) is 1. The highest BCUT2D eigenvalue weighted by Crippen LogP contribution is 2.28. The predicted octanol–water partition coefficient (Wildman–Crippen LogP) is 2.60. The lowest BCUT2D eigenvalue weighted by Crippen LogP contribution is -2.05. The molecule has 0 aromatic heterocycles. The number of rotatable bonds is 5. The molecule has 0 heterocycles. The van der Waals surface area contributed by atoms with Gasteiger partial charge in [0.25, 0.3) is 0 Å². The van der Waals surface area contributed by atoms with Crippen LogP contribution in [0.3, 0.4) is 0 Å². The van der Waals surface area contributed by atoms with Crippen molar-refractivity contribution in [2.45, 2.75) is 11.4 Å². The number of para-hydroxylation sites is 1. The molecule has 0 saturated heterocycles. The first-order chi connectivity index (χ1) is 9.50. The monoisotopic (exact) mass is 291 g/mol. The fraction of sp³-hybridized carbons (Fsp3) is 0.200. The van der Waals surface area contributed by atoms with Crippen LogP contribution in [0.25, 0.3) is 0 Å². The van der Waals surface area contributed by atoms with Crippen molar-refractivity contribution in [1.82, 2.24) is 5.32 Å². The van der Waals surface area contributed by atoms with Gasteiger partial charge in [0.05, 0.1) is 0 Å². The van der Waals surface area contributed by atoms with Crippen molar-refractivity contribution in [3.05, 3.63) is 54.1 Å². The summed E-state index contributed by atoms with van der Waals surface area (Å²) in [6.07, 6.45) is 1.17. The minimum absolute atomic E-state index is 0.194. The topological polar surface area (TPSA) is 55.4 Å². The van der Waals surface area contributed by atoms with Crippen LogP contribution in [0.1, 0.15) is 5.56 Å². The second-order valence-corrected chi connectivity index (χ2v) is 6.48. The molecule has 0 spiro atoms. The van der Waals surface area contributed by atoms with E-state index in [1.807, 2.05) is 25.2 Å². The van der Waals surface area contributed by atoms with Crippen LogP contribution in [0.4, 0.5) is 0 Å². The van der Waals surface area contributed by atoms with Crippen LogP contribution in [0.2, 0.25) is 0 Å². The van der Waals surface area contributed by atoms with Crippen LogP contribution < -0.4 is 10.1 Å². The molecule has 0 atom stereocenters. The van der Waals surface area contributed by atoms with Gasteiger partial charge in [-0.1, -0.05) is 24.3 Å². The summed E-state index contributed by atoms with van der Waals surface area (Å²) in [5, 5.41) is 3.06. The molecule has 0 saturated carbocycles. The zero-order valence-electron chi connectivity index (χ0n) is 11.5. The average molecular weight is 291 g/mol. The van der Waals surface area contributed by atoms with Gasteiger partial charge in [-0.2, -0.15) is 0 Å². The largest absolute Gasteiger partial charge is 0.456 e. The molecule has 0 bridgehead atoms. The third-order valence-electron chi connectivity index (χ3n) is 2.76. The Morgan fingerprint density at radius 2 is 1.85 bits per heavy atom. The van der Waals surface area contributed by atoms with Gasteiger partial charge in [-0.3, -0.25) is 0 Å². The average Bonchev–Trinajstić information content (AvgIpc) is 2.39. The van der Waals surface area contributed by atoms with Gasteiger partial charge in [-0.25, -0.2) is 8.42 Å². The van der Waals surface area contributed by atoms with Gasteiger partial charge in [-0.15, -0.1) is 0 Å². The van der Waals surface area contributed by atoms with E-state index in [4.69, 9.17) is 4.74 Å². The first kappa shape index (κ1) is 14.6. The lowest BCUT2D eigenvalue weighted by atomic mass is 10.2. The highest BCUT2D eigenvalue weighted by molar-refractivity contribution is 7.90. The van der Waals surface area contributed by atoms with Crippen molar-refractivity contribution < 1.29 is 13.2 Å². The molecule has 1 N–H and O–H groups in total. The summed E-state index contributed by atoms with van der Waals surface area (Å²) in [6.45, 7) is 0.727. The van der Waals surface area contributed by atoms with Gasteiger partial charge in [-0.05, 0) is 36.9 Å². The van der Waals surface area contributed by atoms with Crippen molar-refractivity contribution in [2.75, 3.05) is 13.3 Å². The summed E-state index contributed by atoms with van der Waals surface area (Å²) in [5.41, 5.74) is 1.07. The minimum atomic E-state index is -3.31. The van der Waals surface area contributed by atoms with Gasteiger partial charge in [0.2, 0.25) is 0 Å². The lowest BCUT2D eigenvalue weighted by Gasteiger charge is -2.10. The Morgan fingerprint density at radius 3 is 2.55 bits per heavy atom. The molecule has 0 aliphatic rings. The van der Waals surface area contributed by atoms with Crippen molar-refractivity contribution in [3.8, 4) is 11.5 Å². The van der Waals surface area contributed by atoms with Crippen molar-refractivity contribution in [3.63, 3.8) is 0 Å². The molecule has 0 fully saturated rings. The third-order valence-corrected chi connectivity index (χ3v) is 3.89. The van der Waals surface area contributed by atoms with E-state index in [9.17, 15) is 8.42 Å². The van der Waals surface area contributed by atoms with Gasteiger partial charge in [0.1, 0.15) is 16.4 Å². The Morgan fingerprint density at radius 1 is 1.10 bits per heavy atom. The minimum Gasteiger partial charge on any atom is -0.456 e. The first-order valence-electron chi connectivity index (χ1n) is 6.21. The molecular formula is C15H17NO3S. The van der Waals surface area contributed by atoms with E-state index in [1.165, 1.54) is 6.26 Å². The zero-order valence-corrected chi connectivity index (χ0v) is 12.3. The standard InChI is InChI=1S/C15H17NO3S/c1-16-11-12-6-5-7-13(10-12)19-14-8-3-4-9-15(14)20(2,17)18/h3-10,16H,11H2,1-2H3. The van der Waals surface area contributed by atoms with Crippen molar-refractivity contribution >= 4 is 9.84 Å². The molecule has 0 unspecified atom stereocenters. The molecule has 0 radical (unpaired) electrons.